The average molecular weight is 240 g/mol. The molecule has 0 amide bonds. The summed E-state index contributed by atoms with van der Waals surface area (Å²) in [6.07, 6.45) is 2.27. The molecule has 5 nitrogen and oxygen atoms in total. The van der Waals surface area contributed by atoms with Gasteiger partial charge in [-0.3, -0.25) is 0 Å². The van der Waals surface area contributed by atoms with Crippen LogP contribution in [0.15, 0.2) is 10.7 Å². The second-order valence-corrected chi connectivity index (χ2v) is 4.46. The first-order chi connectivity index (χ1) is 7.92. The monoisotopic (exact) mass is 240 g/mol. The average Bonchev–Trinajstić information content (AvgIpc) is 2.77. The zero-order valence-electron chi connectivity index (χ0n) is 11.1. The van der Waals surface area contributed by atoms with Gasteiger partial charge in [0.05, 0.1) is 6.61 Å². The fraction of sp³-hybridized carbons (Fsp3) is 0.667. The Morgan fingerprint density at radius 1 is 1.53 bits per heavy atom. The van der Waals surface area contributed by atoms with E-state index in [1.165, 1.54) is 6.26 Å². The van der Waals surface area contributed by atoms with Crippen molar-refractivity contribution in [2.45, 2.75) is 39.7 Å². The first-order valence-corrected chi connectivity index (χ1v) is 5.78. The van der Waals surface area contributed by atoms with Crippen LogP contribution in [0.4, 0.5) is 6.01 Å². The van der Waals surface area contributed by atoms with Gasteiger partial charge in [0.1, 0.15) is 6.26 Å². The minimum absolute atomic E-state index is 0.0726. The molecular weight excluding hydrogens is 220 g/mol. The van der Waals surface area contributed by atoms with Crippen LogP contribution >= 0.6 is 0 Å². The molecule has 1 aromatic heterocycles. The molecule has 0 aliphatic heterocycles. The van der Waals surface area contributed by atoms with Crippen molar-refractivity contribution in [2.75, 3.05) is 18.6 Å². The van der Waals surface area contributed by atoms with Crippen LogP contribution in [0.2, 0.25) is 0 Å². The van der Waals surface area contributed by atoms with E-state index in [-0.39, 0.29) is 11.2 Å². The van der Waals surface area contributed by atoms with Gasteiger partial charge in [0, 0.05) is 12.6 Å². The molecule has 0 spiro atoms. The van der Waals surface area contributed by atoms with Gasteiger partial charge in [0.25, 0.3) is 6.01 Å². The molecule has 1 heterocycles. The number of hydrogen-bond donors (Lipinski definition) is 0. The second kappa shape index (κ2) is 5.21. The van der Waals surface area contributed by atoms with Gasteiger partial charge < -0.3 is 14.1 Å². The van der Waals surface area contributed by atoms with Crippen LogP contribution in [-0.4, -0.2) is 30.1 Å². The van der Waals surface area contributed by atoms with Crippen LogP contribution in [0.3, 0.4) is 0 Å². The van der Waals surface area contributed by atoms with E-state index in [0.29, 0.717) is 12.6 Å². The molecule has 0 saturated heterocycles. The predicted molar refractivity (Wildman–Crippen MR) is 65.2 cm³/mol. The summed E-state index contributed by atoms with van der Waals surface area (Å²) in [5, 5.41) is 0. The van der Waals surface area contributed by atoms with Gasteiger partial charge in [-0.25, -0.2) is 4.79 Å². The number of esters is 1. The highest BCUT2D eigenvalue weighted by molar-refractivity contribution is 5.87. The number of nitrogens with zero attached hydrogens (tertiary/aromatic N) is 2. The number of hydrogen-bond acceptors (Lipinski definition) is 5. The van der Waals surface area contributed by atoms with Gasteiger partial charge in [-0.2, -0.15) is 4.98 Å². The molecule has 1 rings (SSSR count). The van der Waals surface area contributed by atoms with Crippen LogP contribution in [-0.2, 0) is 4.74 Å². The zero-order valence-corrected chi connectivity index (χ0v) is 11.1. The van der Waals surface area contributed by atoms with Crippen molar-refractivity contribution in [3.63, 3.8) is 0 Å². The van der Waals surface area contributed by atoms with Crippen molar-refractivity contribution in [1.29, 1.82) is 0 Å². The van der Waals surface area contributed by atoms with E-state index < -0.39 is 5.97 Å². The van der Waals surface area contributed by atoms with Crippen molar-refractivity contribution < 1.29 is 13.9 Å². The summed E-state index contributed by atoms with van der Waals surface area (Å²) >= 11 is 0. The maximum Gasteiger partial charge on any atom is 0.360 e. The van der Waals surface area contributed by atoms with E-state index in [4.69, 9.17) is 9.15 Å². The molecule has 0 atom stereocenters. The SMILES string of the molecule is CCOC(=O)c1coc(N(C)C(C)(C)CC)n1. The van der Waals surface area contributed by atoms with Gasteiger partial charge in [-0.15, -0.1) is 0 Å². The Hall–Kier alpha value is -1.52. The summed E-state index contributed by atoms with van der Waals surface area (Å²) in [6, 6.07) is 0.430. The van der Waals surface area contributed by atoms with E-state index in [2.05, 4.69) is 25.8 Å². The lowest BCUT2D eigenvalue weighted by Gasteiger charge is -2.33. The summed E-state index contributed by atoms with van der Waals surface area (Å²) in [7, 11) is 1.89. The predicted octanol–water partition coefficient (Wildman–Crippen LogP) is 2.48. The van der Waals surface area contributed by atoms with Crippen LogP contribution in [0.1, 0.15) is 44.6 Å². The first kappa shape index (κ1) is 13.5. The fourth-order valence-corrected chi connectivity index (χ4v) is 1.21. The van der Waals surface area contributed by atoms with Crippen molar-refractivity contribution >= 4 is 12.0 Å². The van der Waals surface area contributed by atoms with Gasteiger partial charge >= 0.3 is 5.97 Å². The summed E-state index contributed by atoms with van der Waals surface area (Å²) in [4.78, 5) is 17.5. The van der Waals surface area contributed by atoms with Crippen molar-refractivity contribution in [3.05, 3.63) is 12.0 Å². The lowest BCUT2D eigenvalue weighted by atomic mass is 10.0. The molecule has 0 unspecified atom stereocenters. The summed E-state index contributed by atoms with van der Waals surface area (Å²) in [5.41, 5.74) is 0.136. The maximum atomic E-state index is 11.4. The molecule has 0 aliphatic carbocycles. The van der Waals surface area contributed by atoms with Crippen LogP contribution in [0, 0.1) is 0 Å². The highest BCUT2D eigenvalue weighted by Gasteiger charge is 2.26. The van der Waals surface area contributed by atoms with Gasteiger partial charge in [-0.1, -0.05) is 6.92 Å². The third-order valence-electron chi connectivity index (χ3n) is 3.04. The van der Waals surface area contributed by atoms with Crippen LogP contribution in [0.25, 0.3) is 0 Å². The third kappa shape index (κ3) is 2.99. The molecular formula is C12H20N2O3. The number of rotatable bonds is 5. The minimum Gasteiger partial charge on any atom is -0.461 e. The molecule has 1 aromatic rings. The Labute approximate surface area is 102 Å². The summed E-state index contributed by atoms with van der Waals surface area (Å²) in [5.74, 6) is -0.454. The molecule has 0 bridgehead atoms. The molecule has 5 heteroatoms. The normalized spacial score (nSPS) is 11.4. The zero-order chi connectivity index (χ0) is 13.1. The maximum absolute atomic E-state index is 11.4. The molecule has 0 fully saturated rings. The number of anilines is 1. The molecule has 0 aromatic carbocycles. The minimum atomic E-state index is -0.454. The fourth-order valence-electron chi connectivity index (χ4n) is 1.21. The Morgan fingerprint density at radius 2 is 2.18 bits per heavy atom. The van der Waals surface area contributed by atoms with Crippen LogP contribution < -0.4 is 4.90 Å². The summed E-state index contributed by atoms with van der Waals surface area (Å²) < 4.78 is 10.1. The number of oxazole rings is 1. The molecule has 0 radical (unpaired) electrons. The molecule has 17 heavy (non-hydrogen) atoms. The van der Waals surface area contributed by atoms with E-state index in [1.807, 2.05) is 11.9 Å². The van der Waals surface area contributed by atoms with Gasteiger partial charge in [0.15, 0.2) is 5.69 Å². The van der Waals surface area contributed by atoms with Crippen molar-refractivity contribution in [1.82, 2.24) is 4.98 Å². The lowest BCUT2D eigenvalue weighted by molar-refractivity contribution is 0.0519. The van der Waals surface area contributed by atoms with Gasteiger partial charge in [-0.05, 0) is 27.2 Å². The first-order valence-electron chi connectivity index (χ1n) is 5.78. The Kier molecular flexibility index (Phi) is 4.15. The van der Waals surface area contributed by atoms with E-state index in [9.17, 15) is 4.79 Å². The Morgan fingerprint density at radius 3 is 2.71 bits per heavy atom. The highest BCUT2D eigenvalue weighted by atomic mass is 16.5. The Balaban J connectivity index is 2.84. The number of carbonyl (C=O) groups excluding carboxylic acids is 1. The third-order valence-corrected chi connectivity index (χ3v) is 3.04. The summed E-state index contributed by atoms with van der Waals surface area (Å²) in [6.45, 7) is 8.34. The molecule has 0 N–H and O–H groups in total. The highest BCUT2D eigenvalue weighted by Crippen LogP contribution is 2.24. The standard InChI is InChI=1S/C12H20N2O3/c1-6-12(3,4)14(5)11-13-9(8-17-11)10(15)16-7-2/h8H,6-7H2,1-5H3. The van der Waals surface area contributed by atoms with E-state index >= 15 is 0 Å². The van der Waals surface area contributed by atoms with Crippen molar-refractivity contribution in [2.24, 2.45) is 0 Å². The van der Waals surface area contributed by atoms with Crippen LogP contribution in [0.5, 0.6) is 0 Å². The smallest absolute Gasteiger partial charge is 0.360 e. The number of carbonyl (C=O) groups is 1. The number of ether oxygens (including phenoxy) is 1. The topological polar surface area (TPSA) is 55.6 Å². The molecule has 96 valence electrons. The van der Waals surface area contributed by atoms with E-state index in [0.717, 1.165) is 6.42 Å². The van der Waals surface area contributed by atoms with E-state index in [1.54, 1.807) is 6.92 Å². The molecule has 0 aliphatic rings. The van der Waals surface area contributed by atoms with Gasteiger partial charge in [0.2, 0.25) is 0 Å². The Bertz CT molecular complexity index is 385. The molecule has 0 saturated carbocycles. The largest absolute Gasteiger partial charge is 0.461 e. The lowest BCUT2D eigenvalue weighted by Crippen LogP contribution is -2.40. The second-order valence-electron chi connectivity index (χ2n) is 4.46. The number of aromatic nitrogens is 1. The van der Waals surface area contributed by atoms with Crippen molar-refractivity contribution in [3.8, 4) is 0 Å². The quantitative estimate of drug-likeness (QED) is 0.740.